The minimum Gasteiger partial charge on any atom is -0.429 e. The van der Waals surface area contributed by atoms with Crippen LogP contribution in [0, 0.1) is 0 Å². The molecule has 0 aliphatic carbocycles. The summed E-state index contributed by atoms with van der Waals surface area (Å²) in [5, 5.41) is 0. The molecule has 0 bridgehead atoms. The predicted octanol–water partition coefficient (Wildman–Crippen LogP) is 6.16. The molecule has 6 heteroatoms. The Balaban J connectivity index is 2.04. The lowest BCUT2D eigenvalue weighted by Gasteiger charge is -2.19. The van der Waals surface area contributed by atoms with Gasteiger partial charge >= 0.3 is 12.3 Å². The van der Waals surface area contributed by atoms with Crippen LogP contribution >= 0.6 is 0 Å². The van der Waals surface area contributed by atoms with Crippen molar-refractivity contribution < 1.29 is 27.8 Å². The van der Waals surface area contributed by atoms with Gasteiger partial charge in [0.15, 0.2) is 0 Å². The fraction of sp³-hybridized carbons (Fsp3) is 0.286. The summed E-state index contributed by atoms with van der Waals surface area (Å²) in [6, 6.07) is 11.0. The Morgan fingerprint density at radius 3 is 1.93 bits per heavy atom. The Hall–Kier alpha value is -2.89. The summed E-state index contributed by atoms with van der Waals surface area (Å²) in [4.78, 5) is 11.6. The zero-order chi connectivity index (χ0) is 20.2. The minimum absolute atomic E-state index is 0.0690. The number of allylic oxidation sites excluding steroid dienone is 1. The Morgan fingerprint density at radius 1 is 0.926 bits per heavy atom. The molecule has 0 aliphatic rings. The van der Waals surface area contributed by atoms with E-state index in [9.17, 15) is 13.6 Å². The average Bonchev–Trinajstić information content (AvgIpc) is 2.55. The van der Waals surface area contributed by atoms with Crippen molar-refractivity contribution in [1.29, 1.82) is 0 Å². The van der Waals surface area contributed by atoms with E-state index in [0.717, 1.165) is 11.1 Å². The normalized spacial score (nSPS) is 11.6. The Bertz CT molecular complexity index is 804. The van der Waals surface area contributed by atoms with Gasteiger partial charge in [-0.1, -0.05) is 24.3 Å². The number of alkyl halides is 2. The first-order valence-corrected chi connectivity index (χ1v) is 8.30. The average molecular weight is 376 g/mol. The van der Waals surface area contributed by atoms with E-state index >= 15 is 0 Å². The van der Waals surface area contributed by atoms with Crippen molar-refractivity contribution in [3.8, 4) is 11.5 Å². The van der Waals surface area contributed by atoms with Crippen LogP contribution in [0.15, 0.2) is 55.1 Å². The molecule has 0 saturated carbocycles. The van der Waals surface area contributed by atoms with Crippen molar-refractivity contribution in [1.82, 2.24) is 0 Å². The molecule has 2 aromatic rings. The summed E-state index contributed by atoms with van der Waals surface area (Å²) < 4.78 is 43.4. The van der Waals surface area contributed by atoms with Crippen molar-refractivity contribution in [2.24, 2.45) is 0 Å². The highest BCUT2D eigenvalue weighted by Gasteiger charge is 2.34. The summed E-state index contributed by atoms with van der Waals surface area (Å²) in [6.45, 7) is 10.7. The van der Waals surface area contributed by atoms with Gasteiger partial charge in [0.05, 0.1) is 5.56 Å². The molecular weight excluding hydrogens is 354 g/mol. The first-order chi connectivity index (χ1) is 12.5. The highest BCUT2D eigenvalue weighted by atomic mass is 19.3. The fourth-order valence-corrected chi connectivity index (χ4v) is 2.10. The van der Waals surface area contributed by atoms with E-state index in [2.05, 4.69) is 6.58 Å². The van der Waals surface area contributed by atoms with Crippen molar-refractivity contribution in [2.75, 3.05) is 0 Å². The van der Waals surface area contributed by atoms with Gasteiger partial charge in [0.2, 0.25) is 0 Å². The number of carbonyl (C=O) groups excluding carboxylic acids is 1. The van der Waals surface area contributed by atoms with Crippen molar-refractivity contribution in [3.63, 3.8) is 0 Å². The summed E-state index contributed by atoms with van der Waals surface area (Å²) in [5.41, 5.74) is 0.591. The number of ether oxygens (including phenoxy) is 3. The summed E-state index contributed by atoms with van der Waals surface area (Å²) in [7, 11) is 0. The molecule has 0 spiro atoms. The first-order valence-electron chi connectivity index (χ1n) is 8.30. The molecule has 0 radical (unpaired) electrons. The largest absolute Gasteiger partial charge is 0.514 e. The van der Waals surface area contributed by atoms with Gasteiger partial charge in [0.25, 0.3) is 0 Å². The number of hydrogen-bond donors (Lipinski definition) is 0. The van der Waals surface area contributed by atoms with Crippen LogP contribution in [0.4, 0.5) is 13.6 Å². The van der Waals surface area contributed by atoms with Crippen LogP contribution in [-0.4, -0.2) is 11.8 Å². The van der Waals surface area contributed by atoms with Gasteiger partial charge in [-0.15, -0.1) is 0 Å². The molecule has 0 amide bonds. The molecule has 144 valence electrons. The summed E-state index contributed by atoms with van der Waals surface area (Å²) in [6.07, 6.45) is -4.39. The number of halogens is 2. The molecule has 0 fully saturated rings. The second-order valence-corrected chi connectivity index (χ2v) is 7.01. The third kappa shape index (κ3) is 6.09. The van der Waals surface area contributed by atoms with E-state index < -0.39 is 17.9 Å². The Morgan fingerprint density at radius 2 is 1.44 bits per heavy atom. The van der Waals surface area contributed by atoms with E-state index in [1.165, 1.54) is 36.4 Å². The Labute approximate surface area is 157 Å². The highest BCUT2D eigenvalue weighted by molar-refractivity contribution is 5.64. The van der Waals surface area contributed by atoms with Crippen molar-refractivity contribution >= 4 is 11.7 Å². The van der Waals surface area contributed by atoms with E-state index in [-0.39, 0.29) is 17.1 Å². The van der Waals surface area contributed by atoms with Gasteiger partial charge in [-0.05, 0) is 69.7 Å². The van der Waals surface area contributed by atoms with E-state index in [1.54, 1.807) is 39.8 Å². The molecule has 0 aromatic heterocycles. The van der Waals surface area contributed by atoms with Crippen molar-refractivity contribution in [3.05, 3.63) is 66.2 Å². The van der Waals surface area contributed by atoms with Crippen LogP contribution in [0.25, 0.3) is 5.57 Å². The first kappa shape index (κ1) is 20.4. The van der Waals surface area contributed by atoms with E-state index in [4.69, 9.17) is 14.2 Å². The van der Waals surface area contributed by atoms with Gasteiger partial charge in [0, 0.05) is 0 Å². The molecular formula is C21H22F2O4. The fourth-order valence-electron chi connectivity index (χ4n) is 2.10. The lowest BCUT2D eigenvalue weighted by molar-refractivity contribution is -0.185. The maximum absolute atomic E-state index is 14.3. The quantitative estimate of drug-likeness (QED) is 0.463. The summed E-state index contributed by atoms with van der Waals surface area (Å²) in [5.74, 6) is 0.0891. The molecule has 0 saturated heterocycles. The predicted molar refractivity (Wildman–Crippen MR) is 99.0 cm³/mol. The van der Waals surface area contributed by atoms with Crippen LogP contribution in [0.2, 0.25) is 0 Å². The molecule has 0 heterocycles. The molecule has 0 unspecified atom stereocenters. The van der Waals surface area contributed by atoms with Crippen LogP contribution in [0.5, 0.6) is 11.5 Å². The molecule has 0 atom stereocenters. The topological polar surface area (TPSA) is 44.8 Å². The van der Waals surface area contributed by atoms with Crippen LogP contribution in [-0.2, 0) is 10.8 Å². The molecule has 2 aromatic carbocycles. The van der Waals surface area contributed by atoms with Gasteiger partial charge in [-0.3, -0.25) is 0 Å². The second kappa shape index (κ2) is 7.78. The van der Waals surface area contributed by atoms with Crippen molar-refractivity contribution in [2.45, 2.75) is 39.4 Å². The Kier molecular flexibility index (Phi) is 5.88. The smallest absolute Gasteiger partial charge is 0.429 e. The van der Waals surface area contributed by atoms with Gasteiger partial charge in [0.1, 0.15) is 17.1 Å². The second-order valence-electron chi connectivity index (χ2n) is 7.01. The van der Waals surface area contributed by atoms with Gasteiger partial charge in [-0.25, -0.2) is 4.79 Å². The van der Waals surface area contributed by atoms with E-state index in [1.807, 2.05) is 0 Å². The van der Waals surface area contributed by atoms with E-state index in [0.29, 0.717) is 0 Å². The zero-order valence-electron chi connectivity index (χ0n) is 15.7. The SMILES string of the molecule is C=C(C)c1ccc(C(F)(F)Oc2ccc(OC(=O)OC(C)(C)C)cc2)cc1. The number of benzene rings is 2. The monoisotopic (exact) mass is 376 g/mol. The number of carbonyl (C=O) groups is 1. The molecule has 2 rings (SSSR count). The van der Waals surface area contributed by atoms with Crippen LogP contribution < -0.4 is 9.47 Å². The van der Waals surface area contributed by atoms with Gasteiger partial charge in [-0.2, -0.15) is 8.78 Å². The minimum atomic E-state index is -3.51. The third-order valence-electron chi connectivity index (χ3n) is 3.37. The van der Waals surface area contributed by atoms with Crippen LogP contribution in [0.1, 0.15) is 38.8 Å². The number of rotatable bonds is 5. The lowest BCUT2D eigenvalue weighted by atomic mass is 10.1. The maximum atomic E-state index is 14.3. The summed E-state index contributed by atoms with van der Waals surface area (Å²) >= 11 is 0. The standard InChI is InChI=1S/C21H22F2O4/c1-14(2)15-6-8-16(9-7-15)21(22,23)26-18-12-10-17(11-13-18)25-19(24)27-20(3,4)5/h6-13H,1H2,2-5H3. The lowest BCUT2D eigenvalue weighted by Crippen LogP contribution is -2.26. The maximum Gasteiger partial charge on any atom is 0.514 e. The van der Waals surface area contributed by atoms with Crippen LogP contribution in [0.3, 0.4) is 0 Å². The molecule has 27 heavy (non-hydrogen) atoms. The number of hydrogen-bond acceptors (Lipinski definition) is 4. The zero-order valence-corrected chi connectivity index (χ0v) is 15.7. The molecule has 0 N–H and O–H groups in total. The molecule has 0 aliphatic heterocycles. The van der Waals surface area contributed by atoms with Gasteiger partial charge < -0.3 is 14.2 Å². The third-order valence-corrected chi connectivity index (χ3v) is 3.37. The molecule has 4 nitrogen and oxygen atoms in total. The highest BCUT2D eigenvalue weighted by Crippen LogP contribution is 2.33.